The van der Waals surface area contributed by atoms with Crippen LogP contribution in [0, 0.1) is 5.92 Å². The Hall–Kier alpha value is -1.06. The van der Waals surface area contributed by atoms with E-state index in [1.54, 1.807) is 0 Å². The zero-order valence-electron chi connectivity index (χ0n) is 11.5. The largest absolute Gasteiger partial charge is 0.493 e. The summed E-state index contributed by atoms with van der Waals surface area (Å²) in [7, 11) is 0. The standard InChI is InChI=1S/C16H24N2O/c17-18-15(10-12-6-2-1-3-7-12)14-11-19-16-9-5-4-8-13(14)16/h4-5,8-9,12,14-15,18H,1-3,6-7,10-11,17H2. The molecule has 3 heteroatoms. The van der Waals surface area contributed by atoms with E-state index in [2.05, 4.69) is 23.6 Å². The molecule has 2 atom stereocenters. The van der Waals surface area contributed by atoms with Crippen molar-refractivity contribution in [3.8, 4) is 5.75 Å². The van der Waals surface area contributed by atoms with Crippen LogP contribution >= 0.6 is 0 Å². The number of ether oxygens (including phenoxy) is 1. The first kappa shape index (κ1) is 12.9. The minimum atomic E-state index is 0.340. The molecule has 1 aromatic rings. The molecule has 1 fully saturated rings. The van der Waals surface area contributed by atoms with Crippen LogP contribution in [-0.4, -0.2) is 12.6 Å². The van der Waals surface area contributed by atoms with Gasteiger partial charge in [-0.25, -0.2) is 0 Å². The zero-order valence-corrected chi connectivity index (χ0v) is 11.5. The molecule has 0 aromatic heterocycles. The summed E-state index contributed by atoms with van der Waals surface area (Å²) < 4.78 is 5.79. The summed E-state index contributed by atoms with van der Waals surface area (Å²) in [6.45, 7) is 0.765. The monoisotopic (exact) mass is 260 g/mol. The van der Waals surface area contributed by atoms with Crippen LogP contribution in [0.2, 0.25) is 0 Å². The molecule has 2 unspecified atom stereocenters. The van der Waals surface area contributed by atoms with E-state index in [0.717, 1.165) is 18.3 Å². The second-order valence-electron chi connectivity index (χ2n) is 5.97. The fourth-order valence-electron chi connectivity index (χ4n) is 3.65. The Balaban J connectivity index is 1.69. The highest BCUT2D eigenvalue weighted by atomic mass is 16.5. The molecule has 2 aliphatic rings. The van der Waals surface area contributed by atoms with Crippen molar-refractivity contribution in [2.24, 2.45) is 11.8 Å². The molecule has 1 aromatic carbocycles. The van der Waals surface area contributed by atoms with E-state index in [9.17, 15) is 0 Å². The second kappa shape index (κ2) is 5.93. The van der Waals surface area contributed by atoms with E-state index in [1.165, 1.54) is 44.1 Å². The molecule has 1 aliphatic carbocycles. The van der Waals surface area contributed by atoms with Crippen molar-refractivity contribution >= 4 is 0 Å². The molecule has 0 amide bonds. The summed E-state index contributed by atoms with van der Waals surface area (Å²) in [5.41, 5.74) is 4.37. The first-order chi connectivity index (χ1) is 9.38. The lowest BCUT2D eigenvalue weighted by Crippen LogP contribution is -2.42. The van der Waals surface area contributed by atoms with Crippen molar-refractivity contribution < 1.29 is 4.74 Å². The molecule has 0 saturated heterocycles. The van der Waals surface area contributed by atoms with Gasteiger partial charge < -0.3 is 4.74 Å². The van der Waals surface area contributed by atoms with Gasteiger partial charge in [-0.3, -0.25) is 11.3 Å². The Morgan fingerprint density at radius 1 is 1.21 bits per heavy atom. The number of nitrogens with one attached hydrogen (secondary N) is 1. The van der Waals surface area contributed by atoms with Crippen molar-refractivity contribution in [3.05, 3.63) is 29.8 Å². The topological polar surface area (TPSA) is 47.3 Å². The summed E-state index contributed by atoms with van der Waals surface area (Å²) in [6.07, 6.45) is 8.10. The van der Waals surface area contributed by atoms with Crippen molar-refractivity contribution in [2.75, 3.05) is 6.61 Å². The normalized spacial score (nSPS) is 24.8. The number of nitrogens with two attached hydrogens (primary N) is 1. The van der Waals surface area contributed by atoms with Crippen LogP contribution in [0.1, 0.15) is 50.0 Å². The third-order valence-electron chi connectivity index (χ3n) is 4.75. The van der Waals surface area contributed by atoms with Crippen LogP contribution in [0.25, 0.3) is 0 Å². The predicted octanol–water partition coefficient (Wildman–Crippen LogP) is 2.96. The number of fused-ring (bicyclic) bond motifs is 1. The number of para-hydroxylation sites is 1. The molecule has 19 heavy (non-hydrogen) atoms. The van der Waals surface area contributed by atoms with Crippen LogP contribution in [0.3, 0.4) is 0 Å². The summed E-state index contributed by atoms with van der Waals surface area (Å²) in [4.78, 5) is 0. The number of hydrogen-bond donors (Lipinski definition) is 2. The number of rotatable bonds is 4. The third kappa shape index (κ3) is 2.77. The molecule has 3 N–H and O–H groups in total. The van der Waals surface area contributed by atoms with Gasteiger partial charge in [0.2, 0.25) is 0 Å². The van der Waals surface area contributed by atoms with Gasteiger partial charge >= 0.3 is 0 Å². The zero-order chi connectivity index (χ0) is 13.1. The van der Waals surface area contributed by atoms with Crippen molar-refractivity contribution in [1.82, 2.24) is 5.43 Å². The fraction of sp³-hybridized carbons (Fsp3) is 0.625. The molecule has 1 aliphatic heterocycles. The van der Waals surface area contributed by atoms with Crippen LogP contribution in [0.15, 0.2) is 24.3 Å². The van der Waals surface area contributed by atoms with E-state index in [4.69, 9.17) is 10.6 Å². The molecule has 1 heterocycles. The van der Waals surface area contributed by atoms with E-state index >= 15 is 0 Å². The second-order valence-corrected chi connectivity index (χ2v) is 5.97. The maximum atomic E-state index is 5.82. The van der Waals surface area contributed by atoms with Gasteiger partial charge in [-0.1, -0.05) is 50.3 Å². The highest BCUT2D eigenvalue weighted by Gasteiger charge is 2.32. The molecule has 0 bridgehead atoms. The maximum absolute atomic E-state index is 5.82. The van der Waals surface area contributed by atoms with Crippen molar-refractivity contribution in [3.63, 3.8) is 0 Å². The molecule has 0 spiro atoms. The van der Waals surface area contributed by atoms with Crippen molar-refractivity contribution in [2.45, 2.75) is 50.5 Å². The average Bonchev–Trinajstić information content (AvgIpc) is 2.90. The fourth-order valence-corrected chi connectivity index (χ4v) is 3.65. The van der Waals surface area contributed by atoms with Gasteiger partial charge in [0.15, 0.2) is 0 Å². The van der Waals surface area contributed by atoms with Gasteiger partial charge in [0.05, 0.1) is 6.61 Å². The molecule has 1 saturated carbocycles. The Morgan fingerprint density at radius 3 is 2.79 bits per heavy atom. The molecule has 3 rings (SSSR count). The number of benzene rings is 1. The lowest BCUT2D eigenvalue weighted by atomic mass is 9.81. The Bertz CT molecular complexity index is 415. The van der Waals surface area contributed by atoms with Gasteiger partial charge in [0.1, 0.15) is 5.75 Å². The molecule has 0 radical (unpaired) electrons. The molecule has 104 valence electrons. The summed E-state index contributed by atoms with van der Waals surface area (Å²) in [5, 5.41) is 0. The minimum absolute atomic E-state index is 0.340. The molecular weight excluding hydrogens is 236 g/mol. The van der Waals surface area contributed by atoms with Gasteiger partial charge in [0, 0.05) is 17.5 Å². The summed E-state index contributed by atoms with van der Waals surface area (Å²) in [5.74, 6) is 8.10. The Morgan fingerprint density at radius 2 is 2.00 bits per heavy atom. The minimum Gasteiger partial charge on any atom is -0.493 e. The quantitative estimate of drug-likeness (QED) is 0.646. The smallest absolute Gasteiger partial charge is 0.122 e. The predicted molar refractivity (Wildman–Crippen MR) is 77.0 cm³/mol. The van der Waals surface area contributed by atoms with Crippen LogP contribution in [0.5, 0.6) is 5.75 Å². The van der Waals surface area contributed by atoms with Gasteiger partial charge in [0.25, 0.3) is 0 Å². The van der Waals surface area contributed by atoms with E-state index < -0.39 is 0 Å². The van der Waals surface area contributed by atoms with Crippen LogP contribution in [0.4, 0.5) is 0 Å². The van der Waals surface area contributed by atoms with E-state index in [1.807, 2.05) is 6.07 Å². The lowest BCUT2D eigenvalue weighted by Gasteiger charge is -2.29. The number of hydrazine groups is 1. The van der Waals surface area contributed by atoms with Crippen LogP contribution < -0.4 is 16.0 Å². The molecular formula is C16H24N2O. The van der Waals surface area contributed by atoms with Gasteiger partial charge in [-0.2, -0.15) is 0 Å². The van der Waals surface area contributed by atoms with Crippen molar-refractivity contribution in [1.29, 1.82) is 0 Å². The van der Waals surface area contributed by atoms with Crippen LogP contribution in [-0.2, 0) is 0 Å². The van der Waals surface area contributed by atoms with Gasteiger partial charge in [-0.15, -0.1) is 0 Å². The highest BCUT2D eigenvalue weighted by molar-refractivity contribution is 5.40. The highest BCUT2D eigenvalue weighted by Crippen LogP contribution is 2.38. The maximum Gasteiger partial charge on any atom is 0.122 e. The summed E-state index contributed by atoms with van der Waals surface area (Å²) in [6, 6.07) is 8.70. The van der Waals surface area contributed by atoms with Gasteiger partial charge in [-0.05, 0) is 18.4 Å². The lowest BCUT2D eigenvalue weighted by molar-refractivity contribution is 0.249. The first-order valence-electron chi connectivity index (χ1n) is 7.56. The molecule has 3 nitrogen and oxygen atoms in total. The average molecular weight is 260 g/mol. The Labute approximate surface area is 115 Å². The van der Waals surface area contributed by atoms with E-state index in [-0.39, 0.29) is 0 Å². The third-order valence-corrected chi connectivity index (χ3v) is 4.75. The SMILES string of the molecule is NNC(CC1CCCCC1)C1COc2ccccc21. The number of hydrogen-bond acceptors (Lipinski definition) is 3. The summed E-state index contributed by atoms with van der Waals surface area (Å²) >= 11 is 0. The van der Waals surface area contributed by atoms with E-state index in [0.29, 0.717) is 12.0 Å². The first-order valence-corrected chi connectivity index (χ1v) is 7.56. The Kier molecular flexibility index (Phi) is 4.04.